The predicted octanol–water partition coefficient (Wildman–Crippen LogP) is 5.49. The molecule has 0 fully saturated rings. The minimum absolute atomic E-state index is 0.0842. The normalized spacial score (nSPS) is 13.5. The van der Waals surface area contributed by atoms with Crippen molar-refractivity contribution in [1.29, 1.82) is 0 Å². The van der Waals surface area contributed by atoms with Gasteiger partial charge in [-0.3, -0.25) is 0 Å². The fourth-order valence-corrected chi connectivity index (χ4v) is 2.61. The maximum absolute atomic E-state index is 13.2. The molecule has 0 nitrogen and oxygen atoms in total. The number of rotatable bonds is 3. The van der Waals surface area contributed by atoms with E-state index < -0.39 is 11.7 Å². The molecule has 0 spiro atoms. The summed E-state index contributed by atoms with van der Waals surface area (Å²) in [5.74, 6) is -0.171. The second kappa shape index (κ2) is 5.70. The van der Waals surface area contributed by atoms with E-state index >= 15 is 0 Å². The lowest BCUT2D eigenvalue weighted by molar-refractivity contribution is -0.138. The molecule has 0 aliphatic carbocycles. The van der Waals surface area contributed by atoms with E-state index in [1.165, 1.54) is 6.07 Å². The van der Waals surface area contributed by atoms with Crippen LogP contribution in [0, 0.1) is 5.92 Å². The van der Waals surface area contributed by atoms with Crippen LogP contribution in [0.5, 0.6) is 0 Å². The van der Waals surface area contributed by atoms with Gasteiger partial charge in [0.25, 0.3) is 0 Å². The van der Waals surface area contributed by atoms with Crippen molar-refractivity contribution in [2.75, 3.05) is 0 Å². The average Bonchev–Trinajstić information content (AvgIpc) is 2.39. The van der Waals surface area contributed by atoms with E-state index in [9.17, 15) is 13.2 Å². The molecule has 2 rings (SSSR count). The molecule has 0 aromatic heterocycles. The van der Waals surface area contributed by atoms with Gasteiger partial charge in [-0.1, -0.05) is 62.4 Å². The molecule has 1 unspecified atom stereocenters. The number of benzene rings is 2. The third-order valence-corrected chi connectivity index (χ3v) is 3.43. The third-order valence-electron chi connectivity index (χ3n) is 3.43. The van der Waals surface area contributed by atoms with E-state index in [4.69, 9.17) is 0 Å². The molecular formula is C17H17F3. The third kappa shape index (κ3) is 3.03. The highest BCUT2D eigenvalue weighted by molar-refractivity contribution is 5.39. The van der Waals surface area contributed by atoms with Crippen LogP contribution < -0.4 is 0 Å². The van der Waals surface area contributed by atoms with Crippen LogP contribution in [-0.4, -0.2) is 0 Å². The molecule has 3 heteroatoms. The molecule has 106 valence electrons. The van der Waals surface area contributed by atoms with Crippen molar-refractivity contribution in [2.45, 2.75) is 25.9 Å². The smallest absolute Gasteiger partial charge is 0.166 e. The Kier molecular flexibility index (Phi) is 4.17. The summed E-state index contributed by atoms with van der Waals surface area (Å²) in [4.78, 5) is 0. The van der Waals surface area contributed by atoms with Crippen molar-refractivity contribution in [2.24, 2.45) is 5.92 Å². The van der Waals surface area contributed by atoms with Gasteiger partial charge >= 0.3 is 6.18 Å². The van der Waals surface area contributed by atoms with E-state index in [1.54, 1.807) is 12.1 Å². The summed E-state index contributed by atoms with van der Waals surface area (Å²) in [5.41, 5.74) is 0.725. The zero-order valence-electron chi connectivity index (χ0n) is 11.5. The van der Waals surface area contributed by atoms with Gasteiger partial charge in [-0.25, -0.2) is 0 Å². The van der Waals surface area contributed by atoms with Crippen LogP contribution in [0.2, 0.25) is 0 Å². The molecule has 0 heterocycles. The van der Waals surface area contributed by atoms with E-state index in [-0.39, 0.29) is 11.8 Å². The molecule has 0 aliphatic heterocycles. The van der Waals surface area contributed by atoms with Crippen LogP contribution in [0.15, 0.2) is 54.6 Å². The van der Waals surface area contributed by atoms with Crippen molar-refractivity contribution in [3.8, 4) is 0 Å². The molecule has 0 radical (unpaired) electrons. The Morgan fingerprint density at radius 2 is 1.35 bits per heavy atom. The first kappa shape index (κ1) is 14.6. The van der Waals surface area contributed by atoms with Gasteiger partial charge in [-0.05, 0) is 23.1 Å². The standard InChI is InChI=1S/C17H17F3/c1-12(2)16(13-8-4-3-5-9-13)14-10-6-7-11-15(14)17(18,19)20/h3-12,16H,1-2H3. The topological polar surface area (TPSA) is 0 Å². The summed E-state index contributed by atoms with van der Waals surface area (Å²) in [6.45, 7) is 3.90. The molecule has 0 N–H and O–H groups in total. The molecule has 1 atom stereocenters. The molecule has 0 saturated heterocycles. The lowest BCUT2D eigenvalue weighted by atomic mass is 9.80. The van der Waals surface area contributed by atoms with Crippen molar-refractivity contribution < 1.29 is 13.2 Å². The van der Waals surface area contributed by atoms with Gasteiger partial charge in [0.2, 0.25) is 0 Å². The monoisotopic (exact) mass is 278 g/mol. The predicted molar refractivity (Wildman–Crippen MR) is 74.6 cm³/mol. The zero-order valence-corrected chi connectivity index (χ0v) is 11.5. The Morgan fingerprint density at radius 1 is 0.800 bits per heavy atom. The molecule has 2 aromatic carbocycles. The maximum atomic E-state index is 13.2. The number of hydrogen-bond donors (Lipinski definition) is 0. The highest BCUT2D eigenvalue weighted by atomic mass is 19.4. The fraction of sp³-hybridized carbons (Fsp3) is 0.294. The molecule has 0 saturated carbocycles. The van der Waals surface area contributed by atoms with Crippen LogP contribution in [0.4, 0.5) is 13.2 Å². The van der Waals surface area contributed by atoms with Gasteiger partial charge in [0, 0.05) is 5.92 Å². The molecular weight excluding hydrogens is 261 g/mol. The van der Waals surface area contributed by atoms with Gasteiger partial charge in [0.15, 0.2) is 0 Å². The minimum Gasteiger partial charge on any atom is -0.166 e. The molecule has 0 amide bonds. The molecule has 0 aliphatic rings. The van der Waals surface area contributed by atoms with Gasteiger partial charge in [0.05, 0.1) is 5.56 Å². The Morgan fingerprint density at radius 3 is 1.90 bits per heavy atom. The Labute approximate surface area is 117 Å². The number of hydrogen-bond acceptors (Lipinski definition) is 0. The molecule has 2 aromatic rings. The van der Waals surface area contributed by atoms with Gasteiger partial charge < -0.3 is 0 Å². The largest absolute Gasteiger partial charge is 0.416 e. The minimum atomic E-state index is -4.32. The van der Waals surface area contributed by atoms with Crippen molar-refractivity contribution in [1.82, 2.24) is 0 Å². The highest BCUT2D eigenvalue weighted by Gasteiger charge is 2.35. The van der Waals surface area contributed by atoms with Crippen molar-refractivity contribution in [3.63, 3.8) is 0 Å². The summed E-state index contributed by atoms with van der Waals surface area (Å²) in [6.07, 6.45) is -4.32. The van der Waals surface area contributed by atoms with Crippen LogP contribution in [0.3, 0.4) is 0 Å². The summed E-state index contributed by atoms with van der Waals surface area (Å²) in [7, 11) is 0. The highest BCUT2D eigenvalue weighted by Crippen LogP contribution is 2.40. The zero-order chi connectivity index (χ0) is 14.8. The second-order valence-electron chi connectivity index (χ2n) is 5.22. The summed E-state index contributed by atoms with van der Waals surface area (Å²) >= 11 is 0. The molecule has 20 heavy (non-hydrogen) atoms. The Balaban J connectivity index is 2.57. The Hall–Kier alpha value is -1.77. The van der Waals surface area contributed by atoms with Crippen molar-refractivity contribution in [3.05, 3.63) is 71.3 Å². The lowest BCUT2D eigenvalue weighted by Crippen LogP contribution is -2.16. The first-order valence-electron chi connectivity index (χ1n) is 6.62. The van der Waals surface area contributed by atoms with Gasteiger partial charge in [0.1, 0.15) is 0 Å². The average molecular weight is 278 g/mol. The SMILES string of the molecule is CC(C)C(c1ccccc1)c1ccccc1C(F)(F)F. The molecule has 0 bridgehead atoms. The first-order valence-corrected chi connectivity index (χ1v) is 6.62. The quantitative estimate of drug-likeness (QED) is 0.696. The van der Waals surface area contributed by atoms with Crippen LogP contribution >= 0.6 is 0 Å². The van der Waals surface area contributed by atoms with Crippen molar-refractivity contribution >= 4 is 0 Å². The fourth-order valence-electron chi connectivity index (χ4n) is 2.61. The second-order valence-corrected chi connectivity index (χ2v) is 5.22. The van der Waals surface area contributed by atoms with Gasteiger partial charge in [-0.2, -0.15) is 13.2 Å². The van der Waals surface area contributed by atoms with Crippen LogP contribution in [0.25, 0.3) is 0 Å². The summed E-state index contributed by atoms with van der Waals surface area (Å²) in [5, 5.41) is 0. The van der Waals surface area contributed by atoms with E-state index in [2.05, 4.69) is 0 Å². The first-order chi connectivity index (χ1) is 9.41. The lowest BCUT2D eigenvalue weighted by Gasteiger charge is -2.25. The number of halogens is 3. The Bertz CT molecular complexity index is 556. The summed E-state index contributed by atoms with van der Waals surface area (Å²) < 4.78 is 39.6. The summed E-state index contributed by atoms with van der Waals surface area (Å²) in [6, 6.07) is 15.2. The van der Waals surface area contributed by atoms with E-state index in [0.29, 0.717) is 5.56 Å². The van der Waals surface area contributed by atoms with Crippen LogP contribution in [0.1, 0.15) is 36.5 Å². The van der Waals surface area contributed by atoms with E-state index in [0.717, 1.165) is 11.6 Å². The number of alkyl halides is 3. The van der Waals surface area contributed by atoms with E-state index in [1.807, 2.05) is 44.2 Å². The van der Waals surface area contributed by atoms with Gasteiger partial charge in [-0.15, -0.1) is 0 Å². The van der Waals surface area contributed by atoms with Crippen LogP contribution in [-0.2, 0) is 6.18 Å². The maximum Gasteiger partial charge on any atom is 0.416 e.